The zero-order chi connectivity index (χ0) is 9.47. The largest absolute Gasteiger partial charge is 0.377 e. The van der Waals surface area contributed by atoms with E-state index in [9.17, 15) is 4.79 Å². The van der Waals surface area contributed by atoms with Gasteiger partial charge in [-0.1, -0.05) is 0 Å². The van der Waals surface area contributed by atoms with Crippen molar-refractivity contribution >= 4 is 5.91 Å². The highest BCUT2D eigenvalue weighted by atomic mass is 16.5. The summed E-state index contributed by atoms with van der Waals surface area (Å²) in [6, 6.07) is 0. The molecular formula is C10H17NO2. The van der Waals surface area contributed by atoms with Crippen LogP contribution < -0.4 is 0 Å². The fourth-order valence-electron chi connectivity index (χ4n) is 1.88. The van der Waals surface area contributed by atoms with Gasteiger partial charge >= 0.3 is 0 Å². The van der Waals surface area contributed by atoms with Gasteiger partial charge in [0, 0.05) is 26.1 Å². The lowest BCUT2D eigenvalue weighted by molar-refractivity contribution is -0.132. The molecule has 0 aromatic rings. The first kappa shape index (κ1) is 9.00. The van der Waals surface area contributed by atoms with Crippen LogP contribution in [0.3, 0.4) is 0 Å². The number of ether oxygens (including phenoxy) is 1. The van der Waals surface area contributed by atoms with Crippen LogP contribution in [0.1, 0.15) is 26.2 Å². The van der Waals surface area contributed by atoms with Crippen molar-refractivity contribution in [2.24, 2.45) is 5.92 Å². The summed E-state index contributed by atoms with van der Waals surface area (Å²) in [6.07, 6.45) is 3.17. The molecule has 0 aromatic carbocycles. The number of amides is 1. The molecule has 1 heterocycles. The zero-order valence-corrected chi connectivity index (χ0v) is 8.38. The average Bonchev–Trinajstić information content (AvgIpc) is 2.89. The second kappa shape index (κ2) is 2.98. The third-order valence-electron chi connectivity index (χ3n) is 3.17. The van der Waals surface area contributed by atoms with Gasteiger partial charge in [0.15, 0.2) is 0 Å². The Bertz CT molecular complexity index is 225. The molecule has 2 rings (SSSR count). The van der Waals surface area contributed by atoms with Crippen LogP contribution in [0.2, 0.25) is 0 Å². The maximum atomic E-state index is 11.7. The first-order valence-electron chi connectivity index (χ1n) is 4.98. The Kier molecular flexibility index (Phi) is 2.06. The lowest BCUT2D eigenvalue weighted by Crippen LogP contribution is -2.35. The number of carbonyl (C=O) groups excluding carboxylic acids is 1. The Morgan fingerprint density at radius 2 is 2.23 bits per heavy atom. The van der Waals surface area contributed by atoms with Gasteiger partial charge in [0.05, 0.1) is 5.60 Å². The van der Waals surface area contributed by atoms with E-state index in [1.54, 1.807) is 7.11 Å². The lowest BCUT2D eigenvalue weighted by Gasteiger charge is -2.22. The predicted molar refractivity (Wildman–Crippen MR) is 49.3 cm³/mol. The molecule has 0 spiro atoms. The Labute approximate surface area is 79.0 Å². The highest BCUT2D eigenvalue weighted by Gasteiger charge is 2.40. The van der Waals surface area contributed by atoms with Crippen molar-refractivity contribution in [3.8, 4) is 0 Å². The van der Waals surface area contributed by atoms with Crippen LogP contribution >= 0.6 is 0 Å². The summed E-state index contributed by atoms with van der Waals surface area (Å²) in [5.74, 6) is 0.694. The third kappa shape index (κ3) is 1.70. The summed E-state index contributed by atoms with van der Waals surface area (Å²) in [5.41, 5.74) is -0.0927. The van der Waals surface area contributed by atoms with Crippen LogP contribution in [0.25, 0.3) is 0 Å². The highest BCUT2D eigenvalue weighted by Crippen LogP contribution is 2.34. The number of rotatable bonds is 2. The van der Waals surface area contributed by atoms with E-state index in [1.807, 2.05) is 4.90 Å². The molecule has 2 fully saturated rings. The van der Waals surface area contributed by atoms with Crippen LogP contribution in [0.15, 0.2) is 0 Å². The summed E-state index contributed by atoms with van der Waals surface area (Å²) in [6.45, 7) is 3.73. The summed E-state index contributed by atoms with van der Waals surface area (Å²) in [5, 5.41) is 0. The minimum Gasteiger partial charge on any atom is -0.377 e. The number of methoxy groups -OCH3 is 1. The van der Waals surface area contributed by atoms with Crippen molar-refractivity contribution < 1.29 is 9.53 Å². The second-order valence-electron chi connectivity index (χ2n) is 4.44. The molecule has 0 radical (unpaired) electrons. The molecule has 1 saturated carbocycles. The van der Waals surface area contributed by atoms with Crippen LogP contribution in [0.5, 0.6) is 0 Å². The minimum atomic E-state index is -0.0927. The van der Waals surface area contributed by atoms with Crippen molar-refractivity contribution in [1.29, 1.82) is 0 Å². The predicted octanol–water partition coefficient (Wildman–Crippen LogP) is 1.03. The van der Waals surface area contributed by atoms with E-state index in [4.69, 9.17) is 4.74 Å². The number of likely N-dealkylation sites (tertiary alicyclic amines) is 1. The topological polar surface area (TPSA) is 29.5 Å². The molecule has 1 aliphatic carbocycles. The van der Waals surface area contributed by atoms with Gasteiger partial charge in [-0.25, -0.2) is 0 Å². The molecule has 1 atom stereocenters. The van der Waals surface area contributed by atoms with Crippen molar-refractivity contribution in [2.45, 2.75) is 31.8 Å². The molecule has 1 aliphatic heterocycles. The quantitative estimate of drug-likeness (QED) is 0.640. The summed E-state index contributed by atoms with van der Waals surface area (Å²) >= 11 is 0. The van der Waals surface area contributed by atoms with E-state index in [2.05, 4.69) is 6.92 Å². The Morgan fingerprint density at radius 1 is 1.54 bits per heavy atom. The van der Waals surface area contributed by atoms with Crippen LogP contribution in [0, 0.1) is 5.92 Å². The van der Waals surface area contributed by atoms with E-state index in [0.29, 0.717) is 11.8 Å². The lowest BCUT2D eigenvalue weighted by atomic mass is 10.1. The molecule has 1 saturated heterocycles. The third-order valence-corrected chi connectivity index (χ3v) is 3.17. The van der Waals surface area contributed by atoms with Crippen molar-refractivity contribution in [3.63, 3.8) is 0 Å². The molecule has 0 aromatic heterocycles. The molecule has 2 aliphatic rings. The van der Waals surface area contributed by atoms with Gasteiger partial charge in [0.2, 0.25) is 5.91 Å². The molecule has 3 nitrogen and oxygen atoms in total. The summed E-state index contributed by atoms with van der Waals surface area (Å²) in [7, 11) is 1.73. The summed E-state index contributed by atoms with van der Waals surface area (Å²) < 4.78 is 5.39. The van der Waals surface area contributed by atoms with Gasteiger partial charge < -0.3 is 9.64 Å². The van der Waals surface area contributed by atoms with Gasteiger partial charge in [-0.2, -0.15) is 0 Å². The summed E-state index contributed by atoms with van der Waals surface area (Å²) in [4.78, 5) is 13.6. The van der Waals surface area contributed by atoms with E-state index in [0.717, 1.165) is 32.4 Å². The van der Waals surface area contributed by atoms with Crippen molar-refractivity contribution in [2.75, 3.05) is 20.2 Å². The fourth-order valence-corrected chi connectivity index (χ4v) is 1.88. The highest BCUT2D eigenvalue weighted by molar-refractivity contribution is 5.81. The van der Waals surface area contributed by atoms with Gasteiger partial charge in [-0.3, -0.25) is 4.79 Å². The molecule has 0 N–H and O–H groups in total. The Balaban J connectivity index is 1.93. The molecule has 0 bridgehead atoms. The number of nitrogens with zero attached hydrogens (tertiary/aromatic N) is 1. The zero-order valence-electron chi connectivity index (χ0n) is 8.38. The Hall–Kier alpha value is -0.570. The molecule has 13 heavy (non-hydrogen) atoms. The monoisotopic (exact) mass is 183 g/mol. The van der Waals surface area contributed by atoms with E-state index in [-0.39, 0.29) is 5.60 Å². The van der Waals surface area contributed by atoms with E-state index >= 15 is 0 Å². The standard InChI is InChI=1S/C10H17NO2/c1-10(13-2)5-6-11(7-10)9(12)8-3-4-8/h8H,3-7H2,1-2H3. The van der Waals surface area contributed by atoms with Gasteiger partial charge in [0.25, 0.3) is 0 Å². The molecule has 74 valence electrons. The van der Waals surface area contributed by atoms with Gasteiger partial charge in [-0.15, -0.1) is 0 Å². The second-order valence-corrected chi connectivity index (χ2v) is 4.44. The van der Waals surface area contributed by atoms with Gasteiger partial charge in [0.1, 0.15) is 0 Å². The van der Waals surface area contributed by atoms with E-state index in [1.165, 1.54) is 0 Å². The van der Waals surface area contributed by atoms with Crippen LogP contribution in [-0.4, -0.2) is 36.6 Å². The SMILES string of the molecule is COC1(C)CCN(C(=O)C2CC2)C1. The Morgan fingerprint density at radius 3 is 2.69 bits per heavy atom. The fraction of sp³-hybridized carbons (Fsp3) is 0.900. The van der Waals surface area contributed by atoms with Crippen molar-refractivity contribution in [3.05, 3.63) is 0 Å². The number of hydrogen-bond acceptors (Lipinski definition) is 2. The van der Waals surface area contributed by atoms with Crippen LogP contribution in [-0.2, 0) is 9.53 Å². The maximum absolute atomic E-state index is 11.7. The smallest absolute Gasteiger partial charge is 0.225 e. The maximum Gasteiger partial charge on any atom is 0.225 e. The van der Waals surface area contributed by atoms with E-state index < -0.39 is 0 Å². The normalized spacial score (nSPS) is 33.8. The number of hydrogen-bond donors (Lipinski definition) is 0. The molecule has 1 amide bonds. The van der Waals surface area contributed by atoms with Crippen molar-refractivity contribution in [1.82, 2.24) is 4.90 Å². The molecular weight excluding hydrogens is 166 g/mol. The molecule has 3 heteroatoms. The first-order chi connectivity index (χ1) is 6.14. The molecule has 1 unspecified atom stereocenters. The van der Waals surface area contributed by atoms with Crippen LogP contribution in [0.4, 0.5) is 0 Å². The first-order valence-corrected chi connectivity index (χ1v) is 4.98. The number of carbonyl (C=O) groups is 1. The minimum absolute atomic E-state index is 0.0927. The van der Waals surface area contributed by atoms with Gasteiger partial charge in [-0.05, 0) is 26.2 Å². The average molecular weight is 183 g/mol.